The number of nitrogens with one attached hydrogen (secondary N) is 1. The first-order valence-electron chi connectivity index (χ1n) is 10.4. The SMILES string of the molecule is O=S(=O)(Nc1ccc(C2(O)CSC(=S)N2Cc2cccnc2)cc1)c1cccc2cccnc12. The molecule has 3 heterocycles. The van der Waals surface area contributed by atoms with Gasteiger partial charge in [0, 0.05) is 41.8 Å². The van der Waals surface area contributed by atoms with Crippen molar-refractivity contribution in [3.8, 4) is 0 Å². The van der Waals surface area contributed by atoms with Crippen molar-refractivity contribution in [1.82, 2.24) is 14.9 Å². The smallest absolute Gasteiger partial charge is 0.264 e. The molecule has 5 rings (SSSR count). The van der Waals surface area contributed by atoms with Gasteiger partial charge in [0.1, 0.15) is 9.22 Å². The van der Waals surface area contributed by atoms with Gasteiger partial charge in [-0.15, -0.1) is 0 Å². The van der Waals surface area contributed by atoms with E-state index in [1.807, 2.05) is 24.3 Å². The van der Waals surface area contributed by atoms with E-state index in [2.05, 4.69) is 14.7 Å². The van der Waals surface area contributed by atoms with Gasteiger partial charge >= 0.3 is 0 Å². The van der Waals surface area contributed by atoms with Crippen LogP contribution in [0.5, 0.6) is 0 Å². The molecule has 0 spiro atoms. The number of sulfonamides is 1. The first kappa shape index (κ1) is 22.7. The number of fused-ring (bicyclic) bond motifs is 1. The highest BCUT2D eigenvalue weighted by molar-refractivity contribution is 8.23. The number of rotatable bonds is 6. The lowest BCUT2D eigenvalue weighted by molar-refractivity contribution is -0.0508. The summed E-state index contributed by atoms with van der Waals surface area (Å²) in [6.45, 7) is 0.415. The second-order valence-electron chi connectivity index (χ2n) is 7.83. The third-order valence-electron chi connectivity index (χ3n) is 5.61. The molecule has 1 atom stereocenters. The summed E-state index contributed by atoms with van der Waals surface area (Å²) >= 11 is 6.90. The van der Waals surface area contributed by atoms with Crippen LogP contribution in [0.4, 0.5) is 5.69 Å². The Balaban J connectivity index is 1.40. The Bertz CT molecular complexity index is 1460. The van der Waals surface area contributed by atoms with Crippen LogP contribution in [-0.4, -0.2) is 38.5 Å². The van der Waals surface area contributed by atoms with Crippen molar-refractivity contribution in [3.05, 3.63) is 96.4 Å². The lowest BCUT2D eigenvalue weighted by Gasteiger charge is -2.34. The summed E-state index contributed by atoms with van der Waals surface area (Å²) in [6.07, 6.45) is 5.00. The summed E-state index contributed by atoms with van der Waals surface area (Å²) in [5, 5.41) is 12.3. The number of thioether (sulfide) groups is 1. The molecule has 1 unspecified atom stereocenters. The summed E-state index contributed by atoms with van der Waals surface area (Å²) < 4.78 is 29.4. The maximum Gasteiger partial charge on any atom is 0.264 e. The number of pyridine rings is 2. The molecule has 0 bridgehead atoms. The Hall–Kier alpha value is -3.05. The lowest BCUT2D eigenvalue weighted by Crippen LogP contribution is -2.44. The molecular formula is C24H20N4O3S3. The molecule has 0 aliphatic carbocycles. The number of aliphatic hydroxyl groups is 1. The molecule has 0 radical (unpaired) electrons. The second kappa shape index (κ2) is 8.95. The monoisotopic (exact) mass is 508 g/mol. The summed E-state index contributed by atoms with van der Waals surface area (Å²) in [4.78, 5) is 10.2. The molecule has 0 amide bonds. The van der Waals surface area contributed by atoms with Crippen LogP contribution in [0.15, 0.2) is 90.2 Å². The fourth-order valence-electron chi connectivity index (χ4n) is 3.89. The number of para-hydroxylation sites is 1. The molecule has 1 aliphatic rings. The predicted octanol–water partition coefficient (Wildman–Crippen LogP) is 4.11. The van der Waals surface area contributed by atoms with Crippen LogP contribution in [-0.2, 0) is 22.3 Å². The molecular weight excluding hydrogens is 488 g/mol. The molecule has 7 nitrogen and oxygen atoms in total. The van der Waals surface area contributed by atoms with Crippen molar-refractivity contribution < 1.29 is 13.5 Å². The van der Waals surface area contributed by atoms with E-state index in [4.69, 9.17) is 12.2 Å². The molecule has 2 aromatic heterocycles. The zero-order valence-corrected chi connectivity index (χ0v) is 20.3. The van der Waals surface area contributed by atoms with Crippen molar-refractivity contribution in [2.45, 2.75) is 17.2 Å². The van der Waals surface area contributed by atoms with Crippen molar-refractivity contribution in [1.29, 1.82) is 0 Å². The van der Waals surface area contributed by atoms with Gasteiger partial charge in [-0.25, -0.2) is 8.42 Å². The van der Waals surface area contributed by atoms with E-state index in [1.165, 1.54) is 17.8 Å². The fraction of sp³-hybridized carbons (Fsp3) is 0.125. The molecule has 4 aromatic rings. The van der Waals surface area contributed by atoms with Crippen LogP contribution >= 0.6 is 24.0 Å². The number of benzene rings is 2. The van der Waals surface area contributed by atoms with Crippen molar-refractivity contribution in [2.75, 3.05) is 10.5 Å². The Labute approximate surface area is 206 Å². The topological polar surface area (TPSA) is 95.4 Å². The molecule has 0 saturated carbocycles. The average molecular weight is 509 g/mol. The third kappa shape index (κ3) is 4.25. The zero-order chi connectivity index (χ0) is 23.8. The maximum atomic E-state index is 13.1. The van der Waals surface area contributed by atoms with E-state index < -0.39 is 15.7 Å². The standard InChI is InChI=1S/C24H20N4O3S3/c29-24(16-33-23(32)28(24)15-17-4-2-12-25-14-17)19-8-10-20(11-9-19)27-34(30,31)21-7-1-5-18-6-3-13-26-22(18)21/h1-14,27,29H,15-16H2. The van der Waals surface area contributed by atoms with E-state index in [-0.39, 0.29) is 4.90 Å². The second-order valence-corrected chi connectivity index (χ2v) is 11.1. The number of anilines is 1. The number of hydrogen-bond acceptors (Lipinski definition) is 7. The van der Waals surface area contributed by atoms with Crippen LogP contribution < -0.4 is 4.72 Å². The molecule has 2 aromatic carbocycles. The fourth-order valence-corrected chi connectivity index (χ4v) is 6.54. The van der Waals surface area contributed by atoms with Crippen LogP contribution in [0.3, 0.4) is 0 Å². The first-order valence-corrected chi connectivity index (χ1v) is 13.3. The maximum absolute atomic E-state index is 13.1. The third-order valence-corrected chi connectivity index (χ3v) is 8.61. The van der Waals surface area contributed by atoms with Gasteiger partial charge in [0.25, 0.3) is 10.0 Å². The van der Waals surface area contributed by atoms with Crippen molar-refractivity contribution in [2.24, 2.45) is 0 Å². The van der Waals surface area contributed by atoms with E-state index in [9.17, 15) is 13.5 Å². The van der Waals surface area contributed by atoms with E-state index in [0.717, 1.165) is 10.9 Å². The van der Waals surface area contributed by atoms with Gasteiger partial charge < -0.3 is 10.0 Å². The lowest BCUT2D eigenvalue weighted by atomic mass is 10.0. The van der Waals surface area contributed by atoms with Gasteiger partial charge in [-0.2, -0.15) is 0 Å². The van der Waals surface area contributed by atoms with E-state index in [1.54, 1.807) is 59.9 Å². The molecule has 1 aliphatic heterocycles. The molecule has 1 saturated heterocycles. The van der Waals surface area contributed by atoms with E-state index >= 15 is 0 Å². The minimum atomic E-state index is -3.86. The summed E-state index contributed by atoms with van der Waals surface area (Å²) in [5.74, 6) is 0.374. The van der Waals surface area contributed by atoms with Gasteiger partial charge in [-0.3, -0.25) is 14.7 Å². The summed E-state index contributed by atoms with van der Waals surface area (Å²) in [6, 6.07) is 19.1. The van der Waals surface area contributed by atoms with Crippen LogP contribution in [0, 0.1) is 0 Å². The first-order chi connectivity index (χ1) is 16.4. The molecule has 2 N–H and O–H groups in total. The highest BCUT2D eigenvalue weighted by Gasteiger charge is 2.44. The van der Waals surface area contributed by atoms with Crippen LogP contribution in [0.1, 0.15) is 11.1 Å². The highest BCUT2D eigenvalue weighted by atomic mass is 32.2. The normalized spacial score (nSPS) is 18.4. The largest absolute Gasteiger partial charge is 0.366 e. The number of hydrogen-bond donors (Lipinski definition) is 2. The number of aromatic nitrogens is 2. The molecule has 1 fully saturated rings. The van der Waals surface area contributed by atoms with Crippen LogP contribution in [0.25, 0.3) is 10.9 Å². The van der Waals surface area contributed by atoms with Gasteiger partial charge in [-0.05, 0) is 35.9 Å². The summed E-state index contributed by atoms with van der Waals surface area (Å²) in [5.41, 5.74) is 1.03. The van der Waals surface area contributed by atoms with Crippen LogP contribution in [0.2, 0.25) is 0 Å². The van der Waals surface area contributed by atoms with Gasteiger partial charge in [0.15, 0.2) is 5.72 Å². The molecule has 172 valence electrons. The van der Waals surface area contributed by atoms with Gasteiger partial charge in [-0.1, -0.05) is 60.4 Å². The molecule has 10 heteroatoms. The van der Waals surface area contributed by atoms with E-state index in [0.29, 0.717) is 33.4 Å². The minimum Gasteiger partial charge on any atom is -0.366 e. The zero-order valence-electron chi connectivity index (χ0n) is 17.8. The van der Waals surface area contributed by atoms with Gasteiger partial charge in [0.05, 0.1) is 11.3 Å². The average Bonchev–Trinajstić information content (AvgIpc) is 3.14. The quantitative estimate of drug-likeness (QED) is 0.376. The Morgan fingerprint density at radius 2 is 1.82 bits per heavy atom. The number of thiocarbonyl (C=S) groups is 1. The Kier molecular flexibility index (Phi) is 5.98. The summed E-state index contributed by atoms with van der Waals surface area (Å²) in [7, 11) is -3.86. The Morgan fingerprint density at radius 1 is 1.06 bits per heavy atom. The predicted molar refractivity (Wildman–Crippen MR) is 138 cm³/mol. The Morgan fingerprint density at radius 3 is 2.59 bits per heavy atom. The van der Waals surface area contributed by atoms with Gasteiger partial charge in [0.2, 0.25) is 0 Å². The van der Waals surface area contributed by atoms with Crippen molar-refractivity contribution in [3.63, 3.8) is 0 Å². The number of nitrogens with zero attached hydrogens (tertiary/aromatic N) is 3. The minimum absolute atomic E-state index is 0.105. The highest BCUT2D eigenvalue weighted by Crippen LogP contribution is 2.40. The van der Waals surface area contributed by atoms with Crippen molar-refractivity contribution >= 4 is 54.9 Å². The molecule has 34 heavy (non-hydrogen) atoms.